The molecule has 0 radical (unpaired) electrons. The molecule has 20 heavy (non-hydrogen) atoms. The van der Waals surface area contributed by atoms with Crippen LogP contribution in [0.2, 0.25) is 0 Å². The lowest BCUT2D eigenvalue weighted by Crippen LogP contribution is -2.50. The Morgan fingerprint density at radius 1 is 1.45 bits per heavy atom. The minimum Gasteiger partial charge on any atom is -0.409 e. The molecule has 0 aromatic carbocycles. The number of piperazine rings is 1. The van der Waals surface area contributed by atoms with Gasteiger partial charge in [0.15, 0.2) is 5.84 Å². The number of nitrogens with two attached hydrogens (primary N) is 1. The van der Waals surface area contributed by atoms with E-state index >= 15 is 0 Å². The molecule has 0 bridgehead atoms. The molecule has 1 saturated heterocycles. The quantitative estimate of drug-likeness (QED) is 0.373. The SMILES string of the molecule is CCc1ccsc1C(=O)N1CCN(C/C(N)=N/O)CC1. The first kappa shape index (κ1) is 14.8. The summed E-state index contributed by atoms with van der Waals surface area (Å²) < 4.78 is 0. The summed E-state index contributed by atoms with van der Waals surface area (Å²) >= 11 is 1.51. The van der Waals surface area contributed by atoms with Crippen LogP contribution in [0.15, 0.2) is 16.6 Å². The third-order valence-corrected chi connectivity index (χ3v) is 4.44. The number of oxime groups is 1. The van der Waals surface area contributed by atoms with Crippen molar-refractivity contribution in [1.29, 1.82) is 0 Å². The monoisotopic (exact) mass is 296 g/mol. The number of aryl methyl sites for hydroxylation is 1. The first-order valence-corrected chi connectivity index (χ1v) is 7.58. The number of carbonyl (C=O) groups is 1. The lowest BCUT2D eigenvalue weighted by atomic mass is 10.2. The average Bonchev–Trinajstić information content (AvgIpc) is 2.95. The highest BCUT2D eigenvalue weighted by Crippen LogP contribution is 2.20. The molecule has 0 aliphatic carbocycles. The van der Waals surface area contributed by atoms with Gasteiger partial charge in [-0.05, 0) is 23.4 Å². The van der Waals surface area contributed by atoms with Crippen LogP contribution in [0.5, 0.6) is 0 Å². The van der Waals surface area contributed by atoms with E-state index in [0.717, 1.165) is 30.0 Å². The van der Waals surface area contributed by atoms with Crippen LogP contribution in [0, 0.1) is 0 Å². The number of carbonyl (C=O) groups excluding carboxylic acids is 1. The molecule has 1 aliphatic rings. The van der Waals surface area contributed by atoms with Crippen molar-refractivity contribution in [2.75, 3.05) is 32.7 Å². The topological polar surface area (TPSA) is 82.2 Å². The van der Waals surface area contributed by atoms with E-state index in [1.807, 2.05) is 16.3 Å². The third-order valence-electron chi connectivity index (χ3n) is 3.50. The number of thiophene rings is 1. The molecular formula is C13H20N4O2S. The summed E-state index contributed by atoms with van der Waals surface area (Å²) in [5.74, 6) is 0.330. The van der Waals surface area contributed by atoms with Crippen LogP contribution in [-0.2, 0) is 6.42 Å². The predicted molar refractivity (Wildman–Crippen MR) is 79.4 cm³/mol. The maximum absolute atomic E-state index is 12.5. The summed E-state index contributed by atoms with van der Waals surface area (Å²) in [6.07, 6.45) is 0.883. The highest BCUT2D eigenvalue weighted by molar-refractivity contribution is 7.12. The van der Waals surface area contributed by atoms with Gasteiger partial charge in [0.2, 0.25) is 0 Å². The lowest BCUT2D eigenvalue weighted by molar-refractivity contribution is 0.0657. The normalized spacial score (nSPS) is 17.4. The van der Waals surface area contributed by atoms with Crippen molar-refractivity contribution in [2.45, 2.75) is 13.3 Å². The number of nitrogens with zero attached hydrogens (tertiary/aromatic N) is 3. The number of hydrogen-bond donors (Lipinski definition) is 2. The highest BCUT2D eigenvalue weighted by atomic mass is 32.1. The van der Waals surface area contributed by atoms with Crippen molar-refractivity contribution in [2.24, 2.45) is 10.9 Å². The Kier molecular flexibility index (Phi) is 4.97. The standard InChI is InChI=1S/C13H20N4O2S/c1-2-10-3-8-20-12(10)13(18)17-6-4-16(5-7-17)9-11(14)15-19/h3,8,19H,2,4-7,9H2,1H3,(H2,14,15). The number of amides is 1. The Balaban J connectivity index is 1.92. The number of amidine groups is 1. The van der Waals surface area contributed by atoms with Gasteiger partial charge in [-0.2, -0.15) is 0 Å². The van der Waals surface area contributed by atoms with E-state index in [1.54, 1.807) is 0 Å². The van der Waals surface area contributed by atoms with Crippen LogP contribution in [0.3, 0.4) is 0 Å². The predicted octanol–water partition coefficient (Wildman–Crippen LogP) is 0.815. The van der Waals surface area contributed by atoms with E-state index in [9.17, 15) is 4.79 Å². The van der Waals surface area contributed by atoms with Gasteiger partial charge in [0.1, 0.15) is 0 Å². The summed E-state index contributed by atoms with van der Waals surface area (Å²) in [6, 6.07) is 2.02. The van der Waals surface area contributed by atoms with Crippen molar-refractivity contribution in [1.82, 2.24) is 9.80 Å². The van der Waals surface area contributed by atoms with E-state index in [4.69, 9.17) is 10.9 Å². The maximum atomic E-state index is 12.5. The molecule has 110 valence electrons. The molecular weight excluding hydrogens is 276 g/mol. The minimum absolute atomic E-state index is 0.125. The van der Waals surface area contributed by atoms with Gasteiger partial charge < -0.3 is 15.8 Å². The highest BCUT2D eigenvalue weighted by Gasteiger charge is 2.24. The average molecular weight is 296 g/mol. The van der Waals surface area contributed by atoms with E-state index in [0.29, 0.717) is 19.6 Å². The zero-order valence-electron chi connectivity index (χ0n) is 11.6. The zero-order valence-corrected chi connectivity index (χ0v) is 12.4. The number of rotatable bonds is 4. The van der Waals surface area contributed by atoms with Gasteiger partial charge in [-0.1, -0.05) is 12.1 Å². The van der Waals surface area contributed by atoms with E-state index < -0.39 is 0 Å². The molecule has 6 nitrogen and oxygen atoms in total. The second kappa shape index (κ2) is 6.71. The molecule has 1 fully saturated rings. The summed E-state index contributed by atoms with van der Waals surface area (Å²) in [5, 5.41) is 13.5. The summed E-state index contributed by atoms with van der Waals surface area (Å²) in [6.45, 7) is 5.35. The molecule has 2 heterocycles. The third kappa shape index (κ3) is 3.29. The van der Waals surface area contributed by atoms with Gasteiger partial charge in [-0.3, -0.25) is 9.69 Å². The van der Waals surface area contributed by atoms with Crippen LogP contribution in [-0.4, -0.2) is 59.5 Å². The largest absolute Gasteiger partial charge is 0.409 e. The minimum atomic E-state index is 0.125. The van der Waals surface area contributed by atoms with Gasteiger partial charge in [0, 0.05) is 26.2 Å². The Morgan fingerprint density at radius 3 is 2.75 bits per heavy atom. The van der Waals surface area contributed by atoms with Crippen LogP contribution in [0.1, 0.15) is 22.2 Å². The van der Waals surface area contributed by atoms with Gasteiger partial charge in [-0.25, -0.2) is 0 Å². The molecule has 1 aliphatic heterocycles. The second-order valence-electron chi connectivity index (χ2n) is 4.79. The molecule has 1 amide bonds. The smallest absolute Gasteiger partial charge is 0.264 e. The van der Waals surface area contributed by atoms with Gasteiger partial charge in [0.25, 0.3) is 5.91 Å². The first-order chi connectivity index (χ1) is 9.65. The summed E-state index contributed by atoms with van der Waals surface area (Å²) in [7, 11) is 0. The van der Waals surface area contributed by atoms with Crippen molar-refractivity contribution in [3.05, 3.63) is 21.9 Å². The molecule has 3 N–H and O–H groups in total. The van der Waals surface area contributed by atoms with E-state index in [1.165, 1.54) is 11.3 Å². The Bertz CT molecular complexity index is 492. The molecule has 1 aromatic heterocycles. The lowest BCUT2D eigenvalue weighted by Gasteiger charge is -2.34. The Morgan fingerprint density at radius 2 is 2.15 bits per heavy atom. The van der Waals surface area contributed by atoms with Gasteiger partial charge in [-0.15, -0.1) is 11.3 Å². The van der Waals surface area contributed by atoms with Gasteiger partial charge >= 0.3 is 0 Å². The molecule has 7 heteroatoms. The molecule has 0 atom stereocenters. The summed E-state index contributed by atoms with van der Waals surface area (Å²) in [5.41, 5.74) is 6.62. The first-order valence-electron chi connectivity index (χ1n) is 6.70. The van der Waals surface area contributed by atoms with E-state index in [2.05, 4.69) is 17.0 Å². The Hall–Kier alpha value is -1.60. The fourth-order valence-electron chi connectivity index (χ4n) is 2.32. The number of hydrogen-bond acceptors (Lipinski definition) is 5. The zero-order chi connectivity index (χ0) is 14.5. The van der Waals surface area contributed by atoms with Crippen molar-refractivity contribution in [3.8, 4) is 0 Å². The van der Waals surface area contributed by atoms with Gasteiger partial charge in [0.05, 0.1) is 11.4 Å². The maximum Gasteiger partial charge on any atom is 0.264 e. The fraction of sp³-hybridized carbons (Fsp3) is 0.538. The fourth-order valence-corrected chi connectivity index (χ4v) is 3.28. The molecule has 1 aromatic rings. The van der Waals surface area contributed by atoms with Crippen LogP contribution in [0.25, 0.3) is 0 Å². The van der Waals surface area contributed by atoms with Crippen molar-refractivity contribution < 1.29 is 10.0 Å². The molecule has 0 unspecified atom stereocenters. The molecule has 0 saturated carbocycles. The second-order valence-corrected chi connectivity index (χ2v) is 5.70. The molecule has 0 spiro atoms. The van der Waals surface area contributed by atoms with Crippen LogP contribution < -0.4 is 5.73 Å². The van der Waals surface area contributed by atoms with Crippen molar-refractivity contribution >= 4 is 23.1 Å². The summed E-state index contributed by atoms with van der Waals surface area (Å²) in [4.78, 5) is 17.3. The van der Waals surface area contributed by atoms with Crippen molar-refractivity contribution in [3.63, 3.8) is 0 Å². The van der Waals surface area contributed by atoms with Crippen LogP contribution >= 0.6 is 11.3 Å². The van der Waals surface area contributed by atoms with E-state index in [-0.39, 0.29) is 11.7 Å². The molecule has 2 rings (SSSR count). The van der Waals surface area contributed by atoms with Crippen LogP contribution in [0.4, 0.5) is 0 Å². The Labute approximate surface area is 122 Å².